The molecule has 1 fully saturated rings. The highest BCUT2D eigenvalue weighted by Crippen LogP contribution is 2.35. The number of rotatable bonds is 10. The van der Waals surface area contributed by atoms with E-state index in [0.717, 1.165) is 49.1 Å². The minimum absolute atomic E-state index is 0.00762. The number of carbonyl (C=O) groups is 2. The number of fused-ring (bicyclic) bond motifs is 1. The number of aromatic nitrogens is 1. The first-order chi connectivity index (χ1) is 17.8. The molecule has 0 aliphatic heterocycles. The SMILES string of the molecule is CN(CCc1c[nH]c2ccccc12)C(=O)CCC(=O)NC1CCC(Cc2ccc(Cl)cc2)(N(C)C)CC1. The number of nitrogens with one attached hydrogen (secondary N) is 2. The smallest absolute Gasteiger partial charge is 0.222 e. The second-order valence-corrected chi connectivity index (χ2v) is 11.1. The predicted molar refractivity (Wildman–Crippen MR) is 151 cm³/mol. The van der Waals surface area contributed by atoms with Crippen LogP contribution in [0.15, 0.2) is 54.7 Å². The van der Waals surface area contributed by atoms with Crippen LogP contribution in [0, 0.1) is 0 Å². The van der Waals surface area contributed by atoms with Crippen LogP contribution in [-0.4, -0.2) is 65.9 Å². The third-order valence-electron chi connectivity index (χ3n) is 8.06. The summed E-state index contributed by atoms with van der Waals surface area (Å²) in [5, 5.41) is 5.14. The second-order valence-electron chi connectivity index (χ2n) is 10.7. The molecule has 0 unspecified atom stereocenters. The summed E-state index contributed by atoms with van der Waals surface area (Å²) in [5.74, 6) is -0.0216. The summed E-state index contributed by atoms with van der Waals surface area (Å²) in [6, 6.07) is 16.5. The lowest BCUT2D eigenvalue weighted by Crippen LogP contribution is -2.52. The Morgan fingerprint density at radius 3 is 2.43 bits per heavy atom. The van der Waals surface area contributed by atoms with Crippen LogP contribution in [0.2, 0.25) is 5.02 Å². The van der Waals surface area contributed by atoms with Gasteiger partial charge in [0.15, 0.2) is 0 Å². The first-order valence-corrected chi connectivity index (χ1v) is 13.6. The highest BCUT2D eigenvalue weighted by Gasteiger charge is 2.37. The van der Waals surface area contributed by atoms with Crippen molar-refractivity contribution in [2.24, 2.45) is 0 Å². The van der Waals surface area contributed by atoms with Crippen LogP contribution in [0.5, 0.6) is 0 Å². The van der Waals surface area contributed by atoms with Gasteiger partial charge in [-0.3, -0.25) is 9.59 Å². The lowest BCUT2D eigenvalue weighted by molar-refractivity contribution is -0.132. The summed E-state index contributed by atoms with van der Waals surface area (Å²) in [4.78, 5) is 32.6. The third-order valence-corrected chi connectivity index (χ3v) is 8.31. The van der Waals surface area contributed by atoms with Crippen LogP contribution < -0.4 is 5.32 Å². The van der Waals surface area contributed by atoms with Gasteiger partial charge in [0.2, 0.25) is 11.8 Å². The van der Waals surface area contributed by atoms with Crippen LogP contribution in [-0.2, 0) is 22.4 Å². The van der Waals surface area contributed by atoms with Crippen molar-refractivity contribution in [2.75, 3.05) is 27.7 Å². The molecule has 0 spiro atoms. The Bertz CT molecular complexity index is 1200. The van der Waals surface area contributed by atoms with E-state index in [-0.39, 0.29) is 36.2 Å². The number of hydrogen-bond donors (Lipinski definition) is 2. The molecule has 198 valence electrons. The van der Waals surface area contributed by atoms with Crippen LogP contribution in [0.1, 0.15) is 49.7 Å². The molecule has 1 heterocycles. The van der Waals surface area contributed by atoms with Gasteiger partial charge in [0, 0.05) is 60.1 Å². The van der Waals surface area contributed by atoms with Crippen molar-refractivity contribution in [2.45, 2.75) is 62.9 Å². The maximum atomic E-state index is 12.6. The van der Waals surface area contributed by atoms with E-state index in [4.69, 9.17) is 11.6 Å². The van der Waals surface area contributed by atoms with Gasteiger partial charge in [-0.05, 0) is 81.9 Å². The van der Waals surface area contributed by atoms with E-state index in [1.807, 2.05) is 37.5 Å². The van der Waals surface area contributed by atoms with Crippen LogP contribution >= 0.6 is 11.6 Å². The van der Waals surface area contributed by atoms with Crippen molar-refractivity contribution in [1.82, 2.24) is 20.1 Å². The molecule has 0 bridgehead atoms. The Kier molecular flexibility index (Phi) is 8.93. The fourth-order valence-electron chi connectivity index (χ4n) is 5.53. The number of hydrogen-bond acceptors (Lipinski definition) is 3. The molecular weight excluding hydrogens is 484 g/mol. The molecule has 1 aromatic heterocycles. The van der Waals surface area contributed by atoms with Gasteiger partial charge in [-0.2, -0.15) is 0 Å². The van der Waals surface area contributed by atoms with Crippen molar-refractivity contribution in [3.8, 4) is 0 Å². The highest BCUT2D eigenvalue weighted by atomic mass is 35.5. The normalized spacial score (nSPS) is 19.8. The summed E-state index contributed by atoms with van der Waals surface area (Å²) in [5.41, 5.74) is 3.68. The second kappa shape index (κ2) is 12.1. The number of halogens is 1. The van der Waals surface area contributed by atoms with Gasteiger partial charge in [0.05, 0.1) is 0 Å². The Hall–Kier alpha value is -2.83. The number of aromatic amines is 1. The molecule has 1 saturated carbocycles. The molecule has 2 N–H and O–H groups in total. The van der Waals surface area contributed by atoms with Crippen LogP contribution in [0.3, 0.4) is 0 Å². The van der Waals surface area contributed by atoms with Crippen LogP contribution in [0.25, 0.3) is 10.9 Å². The molecule has 2 amide bonds. The maximum Gasteiger partial charge on any atom is 0.222 e. The molecule has 4 rings (SSSR count). The number of likely N-dealkylation sites (N-methyl/N-ethyl adjacent to an activating group) is 2. The molecule has 1 aliphatic rings. The Balaban J connectivity index is 1.20. The quantitative estimate of drug-likeness (QED) is 0.384. The largest absolute Gasteiger partial charge is 0.361 e. The topological polar surface area (TPSA) is 68.4 Å². The zero-order valence-corrected chi connectivity index (χ0v) is 23.0. The third kappa shape index (κ3) is 6.93. The minimum atomic E-state index is -0.0292. The Labute approximate surface area is 225 Å². The fraction of sp³-hybridized carbons (Fsp3) is 0.467. The Morgan fingerprint density at radius 2 is 1.73 bits per heavy atom. The number of nitrogens with zero attached hydrogens (tertiary/aromatic N) is 2. The molecular formula is C30H39ClN4O2. The zero-order valence-electron chi connectivity index (χ0n) is 22.2. The molecule has 2 aromatic carbocycles. The van der Waals surface area contributed by atoms with Gasteiger partial charge in [-0.25, -0.2) is 0 Å². The minimum Gasteiger partial charge on any atom is -0.361 e. The molecule has 0 saturated heterocycles. The van der Waals surface area contributed by atoms with E-state index in [2.05, 4.69) is 53.6 Å². The lowest BCUT2D eigenvalue weighted by atomic mass is 9.75. The number of carbonyl (C=O) groups excluding carboxylic acids is 2. The van der Waals surface area contributed by atoms with Gasteiger partial charge in [-0.15, -0.1) is 0 Å². The van der Waals surface area contributed by atoms with Crippen molar-refractivity contribution in [3.63, 3.8) is 0 Å². The van der Waals surface area contributed by atoms with E-state index in [1.54, 1.807) is 4.90 Å². The van der Waals surface area contributed by atoms with E-state index in [9.17, 15) is 9.59 Å². The number of para-hydroxylation sites is 1. The number of H-pyrrole nitrogens is 1. The van der Waals surface area contributed by atoms with Gasteiger partial charge >= 0.3 is 0 Å². The number of benzene rings is 2. The lowest BCUT2D eigenvalue weighted by Gasteiger charge is -2.45. The van der Waals surface area contributed by atoms with Gasteiger partial charge in [0.1, 0.15) is 0 Å². The van der Waals surface area contributed by atoms with Crippen molar-refractivity contribution in [1.29, 1.82) is 0 Å². The summed E-state index contributed by atoms with van der Waals surface area (Å²) >= 11 is 6.06. The first-order valence-electron chi connectivity index (χ1n) is 13.3. The molecule has 0 radical (unpaired) electrons. The van der Waals surface area contributed by atoms with Gasteiger partial charge in [0.25, 0.3) is 0 Å². The van der Waals surface area contributed by atoms with E-state index in [1.165, 1.54) is 16.5 Å². The molecule has 1 aliphatic carbocycles. The fourth-order valence-corrected chi connectivity index (χ4v) is 5.65. The predicted octanol–water partition coefficient (Wildman–Crippen LogP) is 5.20. The van der Waals surface area contributed by atoms with Crippen molar-refractivity contribution < 1.29 is 9.59 Å². The Morgan fingerprint density at radius 1 is 1.03 bits per heavy atom. The molecule has 3 aromatic rings. The molecule has 6 nitrogen and oxygen atoms in total. The summed E-state index contributed by atoms with van der Waals surface area (Å²) in [6.07, 6.45) is 8.15. The summed E-state index contributed by atoms with van der Waals surface area (Å²) < 4.78 is 0. The maximum absolute atomic E-state index is 12.6. The molecule has 37 heavy (non-hydrogen) atoms. The standard InChI is InChI=1S/C30H39ClN4O2/c1-34(2)30(20-22-8-10-24(31)11-9-22)17-14-25(15-18-30)33-28(36)12-13-29(37)35(3)19-16-23-21-32-27-7-5-4-6-26(23)27/h4-11,21,25,32H,12-20H2,1-3H3,(H,33,36). The summed E-state index contributed by atoms with van der Waals surface area (Å²) in [7, 11) is 6.11. The van der Waals surface area contributed by atoms with Gasteiger partial charge in [-0.1, -0.05) is 41.9 Å². The van der Waals surface area contributed by atoms with Crippen LogP contribution in [0.4, 0.5) is 0 Å². The van der Waals surface area contributed by atoms with Gasteiger partial charge < -0.3 is 20.1 Å². The average Bonchev–Trinajstić information content (AvgIpc) is 3.31. The zero-order chi connectivity index (χ0) is 26.4. The highest BCUT2D eigenvalue weighted by molar-refractivity contribution is 6.30. The van der Waals surface area contributed by atoms with Crippen molar-refractivity contribution >= 4 is 34.3 Å². The van der Waals surface area contributed by atoms with Crippen molar-refractivity contribution in [3.05, 3.63) is 70.9 Å². The van der Waals surface area contributed by atoms with E-state index >= 15 is 0 Å². The molecule has 7 heteroatoms. The monoisotopic (exact) mass is 522 g/mol. The molecule has 0 atom stereocenters. The first kappa shape index (κ1) is 27.2. The summed E-state index contributed by atoms with van der Waals surface area (Å²) in [6.45, 7) is 0.630. The average molecular weight is 523 g/mol. The van der Waals surface area contributed by atoms with E-state index < -0.39 is 0 Å². The number of amides is 2. The van der Waals surface area contributed by atoms with E-state index in [0.29, 0.717) is 6.54 Å².